The molecule has 0 saturated carbocycles. The Morgan fingerprint density at radius 3 is 3.00 bits per heavy atom. The van der Waals surface area contributed by atoms with Gasteiger partial charge >= 0.3 is 0 Å². The van der Waals surface area contributed by atoms with Crippen LogP contribution in [0.4, 0.5) is 0 Å². The maximum absolute atomic E-state index is 5.55. The topological polar surface area (TPSA) is 27.7 Å². The molecular formula is C9H18O3. The Morgan fingerprint density at radius 1 is 1.50 bits per heavy atom. The van der Waals surface area contributed by atoms with E-state index in [1.165, 1.54) is 0 Å². The predicted octanol–water partition coefficient (Wildman–Crippen LogP) is 1.22. The Bertz CT molecular complexity index is 116. The Hall–Kier alpha value is -0.120. The fourth-order valence-electron chi connectivity index (χ4n) is 1.38. The molecule has 0 radical (unpaired) electrons. The zero-order valence-electron chi connectivity index (χ0n) is 7.91. The second kappa shape index (κ2) is 5.51. The zero-order chi connectivity index (χ0) is 8.81. The normalized spacial score (nSPS) is 29.5. The fourth-order valence-corrected chi connectivity index (χ4v) is 1.38. The molecule has 0 bridgehead atoms. The molecule has 0 N–H and O–H groups in total. The van der Waals surface area contributed by atoms with Crippen LogP contribution in [0.1, 0.15) is 19.8 Å². The molecule has 1 saturated heterocycles. The van der Waals surface area contributed by atoms with Crippen molar-refractivity contribution in [1.29, 1.82) is 0 Å². The molecule has 3 heteroatoms. The molecule has 0 spiro atoms. The number of hydrogen-bond acceptors (Lipinski definition) is 3. The van der Waals surface area contributed by atoms with Crippen molar-refractivity contribution in [1.82, 2.24) is 0 Å². The summed E-state index contributed by atoms with van der Waals surface area (Å²) in [6.45, 7) is 4.37. The number of methoxy groups -OCH3 is 1. The molecule has 3 nitrogen and oxygen atoms in total. The summed E-state index contributed by atoms with van der Waals surface area (Å²) in [7, 11) is 1.70. The van der Waals surface area contributed by atoms with E-state index in [0.29, 0.717) is 12.7 Å². The number of rotatable bonds is 5. The van der Waals surface area contributed by atoms with Crippen LogP contribution in [0.5, 0.6) is 0 Å². The van der Waals surface area contributed by atoms with E-state index in [2.05, 4.69) is 6.92 Å². The second-order valence-electron chi connectivity index (χ2n) is 3.14. The standard InChI is InChI=1S/C9H18O3/c1-3-4-11-9-5-8(6-10-2)12-7-9/h8-9H,3-7H2,1-2H3. The number of hydrogen-bond donors (Lipinski definition) is 0. The molecule has 1 aliphatic rings. The molecule has 2 unspecified atom stereocenters. The van der Waals surface area contributed by atoms with E-state index in [-0.39, 0.29) is 6.10 Å². The van der Waals surface area contributed by atoms with Crippen molar-refractivity contribution >= 4 is 0 Å². The highest BCUT2D eigenvalue weighted by Crippen LogP contribution is 2.16. The van der Waals surface area contributed by atoms with Gasteiger partial charge < -0.3 is 14.2 Å². The van der Waals surface area contributed by atoms with Gasteiger partial charge in [0.05, 0.1) is 25.4 Å². The molecule has 0 aromatic rings. The van der Waals surface area contributed by atoms with Crippen LogP contribution in [0.2, 0.25) is 0 Å². The molecule has 12 heavy (non-hydrogen) atoms. The van der Waals surface area contributed by atoms with Gasteiger partial charge in [0.25, 0.3) is 0 Å². The van der Waals surface area contributed by atoms with Gasteiger partial charge in [-0.15, -0.1) is 0 Å². The maximum Gasteiger partial charge on any atom is 0.0835 e. The molecule has 2 atom stereocenters. The van der Waals surface area contributed by atoms with Gasteiger partial charge in [0.1, 0.15) is 0 Å². The molecule has 0 aromatic heterocycles. The third kappa shape index (κ3) is 3.09. The van der Waals surface area contributed by atoms with E-state index < -0.39 is 0 Å². The minimum atomic E-state index is 0.247. The molecule has 0 aromatic carbocycles. The highest BCUT2D eigenvalue weighted by molar-refractivity contribution is 4.73. The van der Waals surface area contributed by atoms with Gasteiger partial charge in [0, 0.05) is 20.1 Å². The van der Waals surface area contributed by atoms with Gasteiger partial charge in [0.2, 0.25) is 0 Å². The van der Waals surface area contributed by atoms with E-state index in [4.69, 9.17) is 14.2 Å². The van der Waals surface area contributed by atoms with Gasteiger partial charge in [-0.1, -0.05) is 6.92 Å². The Balaban J connectivity index is 2.08. The lowest BCUT2D eigenvalue weighted by Crippen LogP contribution is -2.15. The van der Waals surface area contributed by atoms with E-state index in [9.17, 15) is 0 Å². The van der Waals surface area contributed by atoms with Gasteiger partial charge in [-0.3, -0.25) is 0 Å². The first-order valence-corrected chi connectivity index (χ1v) is 4.59. The van der Waals surface area contributed by atoms with Crippen LogP contribution in [-0.2, 0) is 14.2 Å². The second-order valence-corrected chi connectivity index (χ2v) is 3.14. The number of ether oxygens (including phenoxy) is 3. The summed E-state index contributed by atoms with van der Waals surface area (Å²) >= 11 is 0. The van der Waals surface area contributed by atoms with Crippen molar-refractivity contribution in [2.75, 3.05) is 26.9 Å². The smallest absolute Gasteiger partial charge is 0.0835 e. The lowest BCUT2D eigenvalue weighted by molar-refractivity contribution is 0.0213. The summed E-state index contributed by atoms with van der Waals surface area (Å²) in [6, 6.07) is 0. The van der Waals surface area contributed by atoms with E-state index >= 15 is 0 Å². The highest BCUT2D eigenvalue weighted by atomic mass is 16.6. The predicted molar refractivity (Wildman–Crippen MR) is 46.3 cm³/mol. The largest absolute Gasteiger partial charge is 0.382 e. The van der Waals surface area contributed by atoms with Crippen molar-refractivity contribution in [2.24, 2.45) is 0 Å². The average molecular weight is 174 g/mol. The van der Waals surface area contributed by atoms with E-state index in [1.54, 1.807) is 7.11 Å². The summed E-state index contributed by atoms with van der Waals surface area (Å²) in [5, 5.41) is 0. The summed E-state index contributed by atoms with van der Waals surface area (Å²) in [5.74, 6) is 0. The lowest BCUT2D eigenvalue weighted by atomic mass is 10.2. The highest BCUT2D eigenvalue weighted by Gasteiger charge is 2.25. The van der Waals surface area contributed by atoms with Crippen LogP contribution < -0.4 is 0 Å². The van der Waals surface area contributed by atoms with Gasteiger partial charge in [-0.25, -0.2) is 0 Å². The van der Waals surface area contributed by atoms with Crippen molar-refractivity contribution in [2.45, 2.75) is 32.0 Å². The van der Waals surface area contributed by atoms with E-state index in [1.807, 2.05) is 0 Å². The van der Waals surface area contributed by atoms with Crippen LogP contribution in [0, 0.1) is 0 Å². The van der Waals surface area contributed by atoms with E-state index in [0.717, 1.165) is 26.1 Å². The van der Waals surface area contributed by atoms with Crippen LogP contribution >= 0.6 is 0 Å². The first kappa shape index (κ1) is 9.96. The minimum absolute atomic E-state index is 0.247. The third-order valence-corrected chi connectivity index (χ3v) is 1.95. The van der Waals surface area contributed by atoms with Gasteiger partial charge in [-0.2, -0.15) is 0 Å². The molecule has 0 amide bonds. The lowest BCUT2D eigenvalue weighted by Gasteiger charge is -2.08. The third-order valence-electron chi connectivity index (χ3n) is 1.95. The van der Waals surface area contributed by atoms with Gasteiger partial charge in [0.15, 0.2) is 0 Å². The molecule has 1 rings (SSSR count). The van der Waals surface area contributed by atoms with Crippen LogP contribution in [-0.4, -0.2) is 39.1 Å². The minimum Gasteiger partial charge on any atom is -0.382 e. The van der Waals surface area contributed by atoms with Crippen LogP contribution in [0.3, 0.4) is 0 Å². The summed E-state index contributed by atoms with van der Waals surface area (Å²) in [4.78, 5) is 0. The molecule has 0 aliphatic carbocycles. The fraction of sp³-hybridized carbons (Fsp3) is 1.00. The Labute approximate surface area is 74.0 Å². The van der Waals surface area contributed by atoms with Crippen LogP contribution in [0.15, 0.2) is 0 Å². The molecule has 72 valence electrons. The monoisotopic (exact) mass is 174 g/mol. The molecule has 1 fully saturated rings. The molecule has 1 aliphatic heterocycles. The quantitative estimate of drug-likeness (QED) is 0.627. The maximum atomic E-state index is 5.55. The van der Waals surface area contributed by atoms with Gasteiger partial charge in [-0.05, 0) is 6.42 Å². The van der Waals surface area contributed by atoms with Crippen LogP contribution in [0.25, 0.3) is 0 Å². The van der Waals surface area contributed by atoms with Crippen molar-refractivity contribution in [3.05, 3.63) is 0 Å². The molecule has 1 heterocycles. The zero-order valence-corrected chi connectivity index (χ0v) is 7.91. The molecular weight excluding hydrogens is 156 g/mol. The Morgan fingerprint density at radius 2 is 2.33 bits per heavy atom. The summed E-state index contributed by atoms with van der Waals surface area (Å²) in [6.07, 6.45) is 2.60. The first-order chi connectivity index (χ1) is 5.86. The summed E-state index contributed by atoms with van der Waals surface area (Å²) in [5.41, 5.74) is 0. The van der Waals surface area contributed by atoms with Crippen molar-refractivity contribution in [3.8, 4) is 0 Å². The van der Waals surface area contributed by atoms with Crippen molar-refractivity contribution in [3.63, 3.8) is 0 Å². The average Bonchev–Trinajstić information content (AvgIpc) is 2.50. The van der Waals surface area contributed by atoms with Crippen molar-refractivity contribution < 1.29 is 14.2 Å². The summed E-state index contributed by atoms with van der Waals surface area (Å²) < 4.78 is 16.0. The SMILES string of the molecule is CCCOC1COC(COC)C1. The Kier molecular flexibility index (Phi) is 4.58. The first-order valence-electron chi connectivity index (χ1n) is 4.59.